The molecule has 0 aliphatic rings. The van der Waals surface area contributed by atoms with Gasteiger partial charge in [-0.3, -0.25) is 0 Å². The number of halogens is 3. The normalized spacial score (nSPS) is 12.4. The third-order valence-corrected chi connectivity index (χ3v) is 1.92. The van der Waals surface area contributed by atoms with Crippen molar-refractivity contribution in [2.45, 2.75) is 45.9 Å². The van der Waals surface area contributed by atoms with Crippen LogP contribution in [0.2, 0.25) is 0 Å². The van der Waals surface area contributed by atoms with Crippen LogP contribution in [0, 0.1) is 0 Å². The van der Waals surface area contributed by atoms with Crippen molar-refractivity contribution in [1.29, 1.82) is 0 Å². The van der Waals surface area contributed by atoms with E-state index in [2.05, 4.69) is 15.3 Å². The van der Waals surface area contributed by atoms with E-state index in [1.54, 1.807) is 20.8 Å². The van der Waals surface area contributed by atoms with E-state index >= 15 is 0 Å². The summed E-state index contributed by atoms with van der Waals surface area (Å²) in [5.74, 6) is -1.18. The van der Waals surface area contributed by atoms with Crippen LogP contribution in [0.4, 0.5) is 19.0 Å². The summed E-state index contributed by atoms with van der Waals surface area (Å²) in [6.45, 7) is 7.65. The Morgan fingerprint density at radius 1 is 1.21 bits per heavy atom. The Morgan fingerprint density at radius 2 is 1.84 bits per heavy atom. The lowest BCUT2D eigenvalue weighted by atomic mass is 10.2. The zero-order valence-electron chi connectivity index (χ0n) is 11.4. The molecule has 1 heterocycles. The lowest BCUT2D eigenvalue weighted by Gasteiger charge is -2.21. The smallest absolute Gasteiger partial charge is 0.451 e. The number of alkyl halides is 3. The lowest BCUT2D eigenvalue weighted by Crippen LogP contribution is -2.25. The zero-order valence-corrected chi connectivity index (χ0v) is 11.4. The van der Waals surface area contributed by atoms with Crippen molar-refractivity contribution in [2.75, 3.05) is 11.9 Å². The zero-order chi connectivity index (χ0) is 14.7. The summed E-state index contributed by atoms with van der Waals surface area (Å²) >= 11 is 0. The molecular formula is C12H18F3N3O. The quantitative estimate of drug-likeness (QED) is 0.915. The Kier molecular flexibility index (Phi) is 4.60. The minimum Gasteiger partial charge on any atom is -0.472 e. The van der Waals surface area contributed by atoms with Gasteiger partial charge in [0.05, 0.1) is 0 Å². The maximum atomic E-state index is 12.7. The van der Waals surface area contributed by atoms with Crippen LogP contribution in [0.3, 0.4) is 0 Å². The van der Waals surface area contributed by atoms with Crippen molar-refractivity contribution in [3.8, 4) is 5.88 Å². The fraction of sp³-hybridized carbons (Fsp3) is 0.667. The summed E-state index contributed by atoms with van der Waals surface area (Å²) in [5, 5.41) is 2.80. The van der Waals surface area contributed by atoms with Crippen LogP contribution >= 0.6 is 0 Å². The molecule has 7 heteroatoms. The van der Waals surface area contributed by atoms with Gasteiger partial charge in [0.25, 0.3) is 0 Å². The van der Waals surface area contributed by atoms with Crippen molar-refractivity contribution in [3.63, 3.8) is 0 Å². The predicted molar refractivity (Wildman–Crippen MR) is 66.2 cm³/mol. The second kappa shape index (κ2) is 5.63. The Balaban J connectivity index is 3.09. The SMILES string of the molecule is CCCNc1cc(OC(C)(C)C)nc(C(F)(F)F)n1. The molecule has 0 aliphatic carbocycles. The van der Waals surface area contributed by atoms with Gasteiger partial charge in [0.2, 0.25) is 11.7 Å². The third-order valence-electron chi connectivity index (χ3n) is 1.92. The molecule has 0 aliphatic heterocycles. The number of rotatable bonds is 4. The lowest BCUT2D eigenvalue weighted by molar-refractivity contribution is -0.145. The van der Waals surface area contributed by atoms with Gasteiger partial charge in [0.1, 0.15) is 11.4 Å². The first-order valence-electron chi connectivity index (χ1n) is 6.01. The molecule has 0 aromatic carbocycles. The van der Waals surface area contributed by atoms with Crippen molar-refractivity contribution in [1.82, 2.24) is 9.97 Å². The van der Waals surface area contributed by atoms with E-state index in [1.807, 2.05) is 6.92 Å². The van der Waals surface area contributed by atoms with E-state index in [4.69, 9.17) is 4.74 Å². The van der Waals surface area contributed by atoms with Gasteiger partial charge in [-0.2, -0.15) is 18.2 Å². The number of nitrogens with one attached hydrogen (secondary N) is 1. The van der Waals surface area contributed by atoms with Gasteiger partial charge in [-0.15, -0.1) is 0 Å². The third kappa shape index (κ3) is 5.32. The molecule has 108 valence electrons. The highest BCUT2D eigenvalue weighted by Crippen LogP contribution is 2.29. The van der Waals surface area contributed by atoms with Crippen molar-refractivity contribution in [2.24, 2.45) is 0 Å². The average Bonchev–Trinajstić information content (AvgIpc) is 2.22. The standard InChI is InChI=1S/C12H18F3N3O/c1-5-6-16-8-7-9(19-11(2,3)4)18-10(17-8)12(13,14)15/h7H,5-6H2,1-4H3,(H,16,17,18). The van der Waals surface area contributed by atoms with Crippen LogP contribution < -0.4 is 10.1 Å². The first-order chi connectivity index (χ1) is 8.62. The summed E-state index contributed by atoms with van der Waals surface area (Å²) in [7, 11) is 0. The Hall–Kier alpha value is -1.53. The van der Waals surface area contributed by atoms with Crippen molar-refractivity contribution < 1.29 is 17.9 Å². The first kappa shape index (κ1) is 15.5. The van der Waals surface area contributed by atoms with Crippen LogP contribution in [-0.2, 0) is 6.18 Å². The molecule has 1 N–H and O–H groups in total. The summed E-state index contributed by atoms with van der Waals surface area (Å²) in [6, 6.07) is 1.37. The number of aromatic nitrogens is 2. The maximum absolute atomic E-state index is 12.7. The largest absolute Gasteiger partial charge is 0.472 e. The van der Waals surface area contributed by atoms with Gasteiger partial charge in [-0.05, 0) is 27.2 Å². The Labute approximate surface area is 110 Å². The molecule has 1 aromatic rings. The van der Waals surface area contributed by atoms with E-state index in [1.165, 1.54) is 6.07 Å². The van der Waals surface area contributed by atoms with E-state index in [9.17, 15) is 13.2 Å². The van der Waals surface area contributed by atoms with Gasteiger partial charge in [-0.1, -0.05) is 6.92 Å². The minimum absolute atomic E-state index is 0.0894. The highest BCUT2D eigenvalue weighted by molar-refractivity contribution is 5.39. The predicted octanol–water partition coefficient (Wildman–Crippen LogP) is 3.49. The molecule has 0 spiro atoms. The summed E-state index contributed by atoms with van der Waals surface area (Å²) in [4.78, 5) is 6.84. The molecule has 4 nitrogen and oxygen atoms in total. The number of anilines is 1. The molecule has 0 saturated heterocycles. The molecular weight excluding hydrogens is 259 g/mol. The maximum Gasteiger partial charge on any atom is 0.451 e. The van der Waals surface area contributed by atoms with E-state index in [-0.39, 0.29) is 11.7 Å². The second-order valence-corrected chi connectivity index (χ2v) is 5.05. The van der Waals surface area contributed by atoms with Crippen LogP contribution in [0.25, 0.3) is 0 Å². The minimum atomic E-state index is -4.60. The van der Waals surface area contributed by atoms with E-state index in [0.717, 1.165) is 6.42 Å². The monoisotopic (exact) mass is 277 g/mol. The highest BCUT2D eigenvalue weighted by Gasteiger charge is 2.36. The molecule has 0 bridgehead atoms. The molecule has 19 heavy (non-hydrogen) atoms. The highest BCUT2D eigenvalue weighted by atomic mass is 19.4. The molecule has 0 fully saturated rings. The number of hydrogen-bond acceptors (Lipinski definition) is 4. The Morgan fingerprint density at radius 3 is 2.32 bits per heavy atom. The average molecular weight is 277 g/mol. The fourth-order valence-electron chi connectivity index (χ4n) is 1.26. The van der Waals surface area contributed by atoms with Gasteiger partial charge in [0, 0.05) is 12.6 Å². The van der Waals surface area contributed by atoms with Crippen LogP contribution in [0.15, 0.2) is 6.07 Å². The molecule has 0 unspecified atom stereocenters. The summed E-state index contributed by atoms with van der Waals surface area (Å²) in [6.07, 6.45) is -3.82. The molecule has 0 radical (unpaired) electrons. The summed E-state index contributed by atoms with van der Waals surface area (Å²) < 4.78 is 43.5. The van der Waals surface area contributed by atoms with Gasteiger partial charge < -0.3 is 10.1 Å². The molecule has 1 rings (SSSR count). The van der Waals surface area contributed by atoms with Gasteiger partial charge >= 0.3 is 6.18 Å². The topological polar surface area (TPSA) is 47.0 Å². The first-order valence-corrected chi connectivity index (χ1v) is 6.01. The second-order valence-electron chi connectivity index (χ2n) is 5.05. The van der Waals surface area contributed by atoms with Crippen LogP contribution in [-0.4, -0.2) is 22.1 Å². The van der Waals surface area contributed by atoms with Gasteiger partial charge in [0.15, 0.2) is 0 Å². The molecule has 0 atom stereocenters. The summed E-state index contributed by atoms with van der Waals surface area (Å²) in [5.41, 5.74) is -0.626. The van der Waals surface area contributed by atoms with Gasteiger partial charge in [-0.25, -0.2) is 4.98 Å². The van der Waals surface area contributed by atoms with Crippen molar-refractivity contribution >= 4 is 5.82 Å². The fourth-order valence-corrected chi connectivity index (χ4v) is 1.26. The van der Waals surface area contributed by atoms with E-state index in [0.29, 0.717) is 6.54 Å². The van der Waals surface area contributed by atoms with Crippen LogP contribution in [0.5, 0.6) is 5.88 Å². The van der Waals surface area contributed by atoms with E-state index < -0.39 is 17.6 Å². The molecule has 1 aromatic heterocycles. The Bertz CT molecular complexity index is 427. The number of nitrogens with zero attached hydrogens (tertiary/aromatic N) is 2. The number of ether oxygens (including phenoxy) is 1. The van der Waals surface area contributed by atoms with Crippen LogP contribution in [0.1, 0.15) is 39.9 Å². The van der Waals surface area contributed by atoms with Crippen molar-refractivity contribution in [3.05, 3.63) is 11.9 Å². The molecule has 0 saturated carbocycles. The molecule has 0 amide bonds. The number of hydrogen-bond donors (Lipinski definition) is 1.